The van der Waals surface area contributed by atoms with E-state index in [1.807, 2.05) is 18.7 Å². The third kappa shape index (κ3) is 6.03. The molecular formula is C8H19NOS2. The van der Waals surface area contributed by atoms with Crippen LogP contribution in [0.4, 0.5) is 0 Å². The zero-order valence-electron chi connectivity index (χ0n) is 7.91. The van der Waals surface area contributed by atoms with Crippen LogP contribution >= 0.6 is 11.8 Å². The normalized spacial score (nSPS) is 15.9. The van der Waals surface area contributed by atoms with Crippen LogP contribution in [0.15, 0.2) is 0 Å². The Kier molecular flexibility index (Phi) is 8.39. The van der Waals surface area contributed by atoms with Crippen LogP contribution < -0.4 is 5.73 Å². The largest absolute Gasteiger partial charge is 0.330 e. The Hall–Kier alpha value is 0.460. The van der Waals surface area contributed by atoms with Crippen molar-refractivity contribution in [1.82, 2.24) is 0 Å². The number of hydrogen-bond acceptors (Lipinski definition) is 3. The van der Waals surface area contributed by atoms with Crippen LogP contribution in [-0.4, -0.2) is 33.8 Å². The first kappa shape index (κ1) is 12.5. The summed E-state index contributed by atoms with van der Waals surface area (Å²) >= 11 is 1.81. The Bertz CT molecular complexity index is 130. The SMILES string of the molecule is CSCCCS(=O)C(C)CCN. The van der Waals surface area contributed by atoms with Crippen molar-refractivity contribution in [1.29, 1.82) is 0 Å². The van der Waals surface area contributed by atoms with Gasteiger partial charge in [0.1, 0.15) is 0 Å². The fraction of sp³-hybridized carbons (Fsp3) is 1.00. The van der Waals surface area contributed by atoms with Gasteiger partial charge in [0, 0.05) is 21.8 Å². The van der Waals surface area contributed by atoms with Gasteiger partial charge in [0.2, 0.25) is 0 Å². The van der Waals surface area contributed by atoms with E-state index in [1.165, 1.54) is 0 Å². The van der Waals surface area contributed by atoms with Crippen molar-refractivity contribution in [2.75, 3.05) is 24.3 Å². The average molecular weight is 209 g/mol. The zero-order chi connectivity index (χ0) is 9.40. The van der Waals surface area contributed by atoms with E-state index in [9.17, 15) is 4.21 Å². The van der Waals surface area contributed by atoms with E-state index in [1.54, 1.807) is 0 Å². The lowest BCUT2D eigenvalue weighted by molar-refractivity contribution is 0.665. The molecule has 4 heteroatoms. The molecule has 0 aromatic carbocycles. The monoisotopic (exact) mass is 209 g/mol. The van der Waals surface area contributed by atoms with E-state index in [0.29, 0.717) is 6.54 Å². The van der Waals surface area contributed by atoms with Crippen molar-refractivity contribution < 1.29 is 4.21 Å². The Morgan fingerprint density at radius 2 is 2.25 bits per heavy atom. The van der Waals surface area contributed by atoms with E-state index in [-0.39, 0.29) is 5.25 Å². The van der Waals surface area contributed by atoms with Gasteiger partial charge >= 0.3 is 0 Å². The van der Waals surface area contributed by atoms with Crippen LogP contribution in [0.3, 0.4) is 0 Å². The molecule has 0 aromatic rings. The molecule has 74 valence electrons. The topological polar surface area (TPSA) is 43.1 Å². The molecule has 12 heavy (non-hydrogen) atoms. The van der Waals surface area contributed by atoms with Gasteiger partial charge in [0.25, 0.3) is 0 Å². The number of hydrogen-bond donors (Lipinski definition) is 1. The summed E-state index contributed by atoms with van der Waals surface area (Å²) in [6.07, 6.45) is 4.01. The van der Waals surface area contributed by atoms with Gasteiger partial charge in [-0.3, -0.25) is 4.21 Å². The first-order chi connectivity index (χ1) is 5.72. The second-order valence-electron chi connectivity index (χ2n) is 2.82. The smallest absolute Gasteiger partial charge is 0.0331 e. The Labute approximate surface area is 82.1 Å². The summed E-state index contributed by atoms with van der Waals surface area (Å²) in [6.45, 7) is 2.66. The number of nitrogens with two attached hydrogens (primary N) is 1. The Morgan fingerprint density at radius 1 is 1.58 bits per heavy atom. The Balaban J connectivity index is 3.43. The van der Waals surface area contributed by atoms with Crippen molar-refractivity contribution in [2.24, 2.45) is 5.73 Å². The van der Waals surface area contributed by atoms with E-state index in [2.05, 4.69) is 6.26 Å². The van der Waals surface area contributed by atoms with Gasteiger partial charge in [0.15, 0.2) is 0 Å². The quantitative estimate of drug-likeness (QED) is 0.641. The molecule has 0 saturated heterocycles. The summed E-state index contributed by atoms with van der Waals surface area (Å²) in [6, 6.07) is 0. The molecule has 2 atom stereocenters. The fourth-order valence-corrected chi connectivity index (χ4v) is 2.76. The number of rotatable bonds is 7. The molecule has 2 N–H and O–H groups in total. The first-order valence-electron chi connectivity index (χ1n) is 4.28. The highest BCUT2D eigenvalue weighted by Gasteiger charge is 2.08. The van der Waals surface area contributed by atoms with Gasteiger partial charge in [-0.2, -0.15) is 11.8 Å². The van der Waals surface area contributed by atoms with E-state index in [4.69, 9.17) is 5.73 Å². The summed E-state index contributed by atoms with van der Waals surface area (Å²) in [4.78, 5) is 0. The lowest BCUT2D eigenvalue weighted by atomic mass is 10.3. The maximum atomic E-state index is 11.5. The van der Waals surface area contributed by atoms with Crippen LogP contribution in [0.1, 0.15) is 19.8 Å². The van der Waals surface area contributed by atoms with E-state index in [0.717, 1.165) is 24.3 Å². The predicted molar refractivity (Wildman–Crippen MR) is 59.1 cm³/mol. The van der Waals surface area contributed by atoms with Crippen LogP contribution in [0.25, 0.3) is 0 Å². The molecule has 0 fully saturated rings. The van der Waals surface area contributed by atoms with E-state index < -0.39 is 10.8 Å². The summed E-state index contributed by atoms with van der Waals surface area (Å²) in [5, 5.41) is 0.275. The van der Waals surface area contributed by atoms with Crippen LogP contribution in [0.5, 0.6) is 0 Å². The highest BCUT2D eigenvalue weighted by atomic mass is 32.2. The van der Waals surface area contributed by atoms with Gasteiger partial charge in [-0.15, -0.1) is 0 Å². The fourth-order valence-electron chi connectivity index (χ4n) is 0.913. The van der Waals surface area contributed by atoms with Crippen molar-refractivity contribution in [3.05, 3.63) is 0 Å². The second kappa shape index (κ2) is 8.08. The summed E-state index contributed by atoms with van der Waals surface area (Å²) in [7, 11) is -0.659. The third-order valence-corrected chi connectivity index (χ3v) is 4.24. The molecule has 0 amide bonds. The molecule has 0 spiro atoms. The zero-order valence-corrected chi connectivity index (χ0v) is 9.55. The minimum Gasteiger partial charge on any atom is -0.330 e. The highest BCUT2D eigenvalue weighted by molar-refractivity contribution is 7.98. The van der Waals surface area contributed by atoms with Crippen LogP contribution in [0, 0.1) is 0 Å². The van der Waals surface area contributed by atoms with Gasteiger partial charge in [-0.25, -0.2) is 0 Å². The van der Waals surface area contributed by atoms with Gasteiger partial charge in [-0.05, 0) is 31.4 Å². The summed E-state index contributed by atoms with van der Waals surface area (Å²) in [5.41, 5.74) is 5.38. The van der Waals surface area contributed by atoms with Crippen molar-refractivity contribution in [3.63, 3.8) is 0 Å². The molecule has 0 radical (unpaired) electrons. The molecule has 2 unspecified atom stereocenters. The average Bonchev–Trinajstić information content (AvgIpc) is 2.05. The molecule has 0 bridgehead atoms. The van der Waals surface area contributed by atoms with Crippen molar-refractivity contribution in [3.8, 4) is 0 Å². The highest BCUT2D eigenvalue weighted by Crippen LogP contribution is 2.04. The molecule has 2 nitrogen and oxygen atoms in total. The standard InChI is InChI=1S/C8H19NOS2/c1-8(4-5-9)12(10)7-3-6-11-2/h8H,3-7,9H2,1-2H3. The van der Waals surface area contributed by atoms with Gasteiger partial charge in [0.05, 0.1) is 0 Å². The second-order valence-corrected chi connectivity index (χ2v) is 5.78. The summed E-state index contributed by atoms with van der Waals surface area (Å²) in [5.74, 6) is 1.95. The molecule has 0 aliphatic rings. The van der Waals surface area contributed by atoms with Crippen LogP contribution in [-0.2, 0) is 10.8 Å². The minimum atomic E-state index is -0.659. The lowest BCUT2D eigenvalue weighted by Gasteiger charge is -2.08. The maximum absolute atomic E-state index is 11.5. The molecular weight excluding hydrogens is 190 g/mol. The van der Waals surface area contributed by atoms with E-state index >= 15 is 0 Å². The molecule has 0 heterocycles. The molecule has 0 saturated carbocycles. The van der Waals surface area contributed by atoms with Gasteiger partial charge in [-0.1, -0.05) is 6.92 Å². The lowest BCUT2D eigenvalue weighted by Crippen LogP contribution is -2.18. The molecule has 0 rings (SSSR count). The predicted octanol–water partition coefficient (Wildman–Crippen LogP) is 1.23. The maximum Gasteiger partial charge on any atom is 0.0331 e. The van der Waals surface area contributed by atoms with Gasteiger partial charge < -0.3 is 5.73 Å². The molecule has 0 aliphatic heterocycles. The Morgan fingerprint density at radius 3 is 2.75 bits per heavy atom. The van der Waals surface area contributed by atoms with Crippen molar-refractivity contribution >= 4 is 22.6 Å². The molecule has 0 aromatic heterocycles. The minimum absolute atomic E-state index is 0.275. The first-order valence-corrected chi connectivity index (χ1v) is 7.06. The third-order valence-electron chi connectivity index (χ3n) is 1.72. The summed E-state index contributed by atoms with van der Waals surface area (Å²) < 4.78 is 11.5. The number of thioether (sulfide) groups is 1. The molecule has 0 aliphatic carbocycles. The van der Waals surface area contributed by atoms with Crippen molar-refractivity contribution in [2.45, 2.75) is 25.0 Å². The van der Waals surface area contributed by atoms with Crippen LogP contribution in [0.2, 0.25) is 0 Å².